The van der Waals surface area contributed by atoms with Gasteiger partial charge >= 0.3 is 0 Å². The van der Waals surface area contributed by atoms with E-state index in [4.69, 9.17) is 4.42 Å². The summed E-state index contributed by atoms with van der Waals surface area (Å²) in [4.78, 5) is 0. The number of aryl methyl sites for hydroxylation is 2. The van der Waals surface area contributed by atoms with Gasteiger partial charge in [0.05, 0.1) is 12.7 Å². The molecule has 4 nitrogen and oxygen atoms in total. The Labute approximate surface area is 107 Å². The van der Waals surface area contributed by atoms with Crippen LogP contribution in [0, 0.1) is 13.8 Å². The Kier molecular flexibility index (Phi) is 2.96. The Bertz CT molecular complexity index is 537. The molecule has 2 aromatic heterocycles. The monoisotopic (exact) mass is 245 g/mol. The van der Waals surface area contributed by atoms with E-state index in [1.54, 1.807) is 0 Å². The van der Waals surface area contributed by atoms with Crippen LogP contribution in [-0.4, -0.2) is 15.8 Å². The van der Waals surface area contributed by atoms with E-state index in [9.17, 15) is 0 Å². The van der Waals surface area contributed by atoms with Crippen LogP contribution in [0.4, 0.5) is 0 Å². The zero-order valence-corrected chi connectivity index (χ0v) is 10.9. The molecule has 0 amide bonds. The van der Waals surface area contributed by atoms with Gasteiger partial charge in [0.25, 0.3) is 0 Å². The largest absolute Gasteiger partial charge is 0.464 e. The maximum Gasteiger partial charge on any atom is 0.125 e. The molecule has 18 heavy (non-hydrogen) atoms. The highest BCUT2D eigenvalue weighted by Gasteiger charge is 2.20. The van der Waals surface area contributed by atoms with Gasteiger partial charge in [0, 0.05) is 24.3 Å². The van der Waals surface area contributed by atoms with Gasteiger partial charge in [-0.2, -0.15) is 5.10 Å². The predicted octanol–water partition coefficient (Wildman–Crippen LogP) is 2.39. The van der Waals surface area contributed by atoms with Crippen molar-refractivity contribution in [3.05, 3.63) is 41.1 Å². The molecule has 0 aromatic carbocycles. The molecule has 2 heterocycles. The summed E-state index contributed by atoms with van der Waals surface area (Å²) < 4.78 is 7.69. The average molecular weight is 245 g/mol. The van der Waals surface area contributed by atoms with E-state index in [1.165, 1.54) is 24.0 Å². The molecule has 0 atom stereocenters. The lowest BCUT2D eigenvalue weighted by Crippen LogP contribution is -2.15. The third-order valence-corrected chi connectivity index (χ3v) is 3.31. The molecule has 0 aliphatic heterocycles. The molecule has 1 aliphatic carbocycles. The Hall–Kier alpha value is -1.55. The minimum Gasteiger partial charge on any atom is -0.464 e. The van der Waals surface area contributed by atoms with Gasteiger partial charge in [0.1, 0.15) is 11.5 Å². The number of hydrogen-bond donors (Lipinski definition) is 1. The zero-order chi connectivity index (χ0) is 12.5. The Morgan fingerprint density at radius 2 is 2.28 bits per heavy atom. The normalized spacial score (nSPS) is 15.2. The minimum atomic E-state index is 0.706. The van der Waals surface area contributed by atoms with Gasteiger partial charge in [-0.15, -0.1) is 0 Å². The lowest BCUT2D eigenvalue weighted by Gasteiger charge is -1.99. The van der Waals surface area contributed by atoms with Gasteiger partial charge in [0.15, 0.2) is 0 Å². The standard InChI is InChI=1S/C14H19N3O/c1-10-6-16-17(8-10)9-14-5-12(11(2)18-14)7-15-13-3-4-13/h5-6,8,13,15H,3-4,7,9H2,1-2H3. The summed E-state index contributed by atoms with van der Waals surface area (Å²) in [6, 6.07) is 2.87. The van der Waals surface area contributed by atoms with Crippen molar-refractivity contribution in [3.8, 4) is 0 Å². The van der Waals surface area contributed by atoms with E-state index in [0.29, 0.717) is 6.54 Å². The first-order valence-corrected chi connectivity index (χ1v) is 6.51. The Morgan fingerprint density at radius 1 is 1.44 bits per heavy atom. The summed E-state index contributed by atoms with van der Waals surface area (Å²) in [5.41, 5.74) is 2.44. The molecule has 0 unspecified atom stereocenters. The van der Waals surface area contributed by atoms with Crippen molar-refractivity contribution in [1.82, 2.24) is 15.1 Å². The van der Waals surface area contributed by atoms with E-state index in [1.807, 2.05) is 30.9 Å². The quantitative estimate of drug-likeness (QED) is 0.879. The summed E-state index contributed by atoms with van der Waals surface area (Å²) >= 11 is 0. The smallest absolute Gasteiger partial charge is 0.125 e. The molecule has 0 radical (unpaired) electrons. The van der Waals surface area contributed by atoms with Crippen LogP contribution in [0.3, 0.4) is 0 Å². The van der Waals surface area contributed by atoms with Gasteiger partial charge < -0.3 is 9.73 Å². The summed E-state index contributed by atoms with van der Waals surface area (Å²) in [6.07, 6.45) is 6.53. The van der Waals surface area contributed by atoms with Gasteiger partial charge in [-0.3, -0.25) is 4.68 Å². The van der Waals surface area contributed by atoms with E-state index in [2.05, 4.69) is 16.5 Å². The average Bonchev–Trinajstić information content (AvgIpc) is 2.98. The second-order valence-corrected chi connectivity index (χ2v) is 5.16. The van der Waals surface area contributed by atoms with Crippen LogP contribution in [0.25, 0.3) is 0 Å². The number of hydrogen-bond acceptors (Lipinski definition) is 3. The third kappa shape index (κ3) is 2.64. The number of rotatable bonds is 5. The summed E-state index contributed by atoms with van der Waals surface area (Å²) in [5.74, 6) is 1.99. The van der Waals surface area contributed by atoms with Crippen molar-refractivity contribution in [1.29, 1.82) is 0 Å². The van der Waals surface area contributed by atoms with Crippen LogP contribution in [-0.2, 0) is 13.1 Å². The molecular weight excluding hydrogens is 226 g/mol. The minimum absolute atomic E-state index is 0.706. The van der Waals surface area contributed by atoms with E-state index < -0.39 is 0 Å². The van der Waals surface area contributed by atoms with Crippen molar-refractivity contribution >= 4 is 0 Å². The molecule has 3 rings (SSSR count). The maximum absolute atomic E-state index is 5.78. The summed E-state index contributed by atoms with van der Waals surface area (Å²) in [5, 5.41) is 7.79. The van der Waals surface area contributed by atoms with Gasteiger partial charge in [-0.1, -0.05) is 0 Å². The van der Waals surface area contributed by atoms with Gasteiger partial charge in [-0.05, 0) is 38.3 Å². The first-order valence-electron chi connectivity index (χ1n) is 6.51. The van der Waals surface area contributed by atoms with Crippen LogP contribution >= 0.6 is 0 Å². The molecule has 1 aliphatic rings. The van der Waals surface area contributed by atoms with Crippen LogP contribution in [0.15, 0.2) is 22.9 Å². The van der Waals surface area contributed by atoms with E-state index in [-0.39, 0.29) is 0 Å². The highest BCUT2D eigenvalue weighted by Crippen LogP contribution is 2.21. The summed E-state index contributed by atoms with van der Waals surface area (Å²) in [6.45, 7) is 5.69. The number of furan rings is 1. The van der Waals surface area contributed by atoms with Crippen LogP contribution in [0.2, 0.25) is 0 Å². The topological polar surface area (TPSA) is 43.0 Å². The fraction of sp³-hybridized carbons (Fsp3) is 0.500. The van der Waals surface area contributed by atoms with E-state index >= 15 is 0 Å². The lowest BCUT2D eigenvalue weighted by atomic mass is 10.2. The highest BCUT2D eigenvalue weighted by molar-refractivity contribution is 5.21. The predicted molar refractivity (Wildman–Crippen MR) is 69.4 cm³/mol. The van der Waals surface area contributed by atoms with Crippen LogP contribution < -0.4 is 5.32 Å². The van der Waals surface area contributed by atoms with Crippen molar-refractivity contribution < 1.29 is 4.42 Å². The fourth-order valence-corrected chi connectivity index (χ4v) is 2.10. The SMILES string of the molecule is Cc1cnn(Cc2cc(CNC3CC3)c(C)o2)c1. The first kappa shape index (κ1) is 11.5. The molecule has 96 valence electrons. The second-order valence-electron chi connectivity index (χ2n) is 5.16. The molecular formula is C14H19N3O. The molecule has 0 bridgehead atoms. The van der Waals surface area contributed by atoms with Crippen molar-refractivity contribution in [3.63, 3.8) is 0 Å². The molecule has 0 spiro atoms. The molecule has 4 heteroatoms. The molecule has 2 aromatic rings. The van der Waals surface area contributed by atoms with Crippen molar-refractivity contribution in [2.45, 2.75) is 45.8 Å². The first-order chi connectivity index (χ1) is 8.70. The van der Waals surface area contributed by atoms with E-state index in [0.717, 1.165) is 24.1 Å². The molecule has 1 fully saturated rings. The van der Waals surface area contributed by atoms with Gasteiger partial charge in [-0.25, -0.2) is 0 Å². The number of nitrogens with zero attached hydrogens (tertiary/aromatic N) is 2. The lowest BCUT2D eigenvalue weighted by molar-refractivity contribution is 0.456. The number of nitrogens with one attached hydrogen (secondary N) is 1. The molecule has 0 saturated heterocycles. The number of aromatic nitrogens is 2. The second kappa shape index (κ2) is 4.61. The Balaban J connectivity index is 1.66. The third-order valence-electron chi connectivity index (χ3n) is 3.31. The van der Waals surface area contributed by atoms with Crippen LogP contribution in [0.1, 0.15) is 35.5 Å². The highest BCUT2D eigenvalue weighted by atomic mass is 16.3. The van der Waals surface area contributed by atoms with Crippen LogP contribution in [0.5, 0.6) is 0 Å². The molecule has 1 N–H and O–H groups in total. The maximum atomic E-state index is 5.78. The van der Waals surface area contributed by atoms with Crippen molar-refractivity contribution in [2.75, 3.05) is 0 Å². The Morgan fingerprint density at radius 3 is 2.94 bits per heavy atom. The zero-order valence-electron chi connectivity index (χ0n) is 10.9. The van der Waals surface area contributed by atoms with Gasteiger partial charge in [0.2, 0.25) is 0 Å². The molecule has 1 saturated carbocycles. The van der Waals surface area contributed by atoms with Crippen molar-refractivity contribution in [2.24, 2.45) is 0 Å². The fourth-order valence-electron chi connectivity index (χ4n) is 2.10. The summed E-state index contributed by atoms with van der Waals surface area (Å²) in [7, 11) is 0.